The molecule has 0 radical (unpaired) electrons. The molecule has 1 nitrogen and oxygen atoms in total. The van der Waals surface area contributed by atoms with Crippen LogP contribution in [0, 0.1) is 3.57 Å². The molecule has 0 fully saturated rings. The van der Waals surface area contributed by atoms with E-state index in [9.17, 15) is 0 Å². The molecule has 0 saturated heterocycles. The average Bonchev–Trinajstić information content (AvgIpc) is 2.77. The number of nitrogens with one attached hydrogen (secondary N) is 1. The minimum absolute atomic E-state index is 0.377. The molecule has 2 rings (SSSR count). The summed E-state index contributed by atoms with van der Waals surface area (Å²) in [6.07, 6.45) is 2.17. The van der Waals surface area contributed by atoms with Crippen LogP contribution in [0.15, 0.2) is 38.6 Å². The van der Waals surface area contributed by atoms with Crippen molar-refractivity contribution in [2.75, 3.05) is 6.54 Å². The lowest BCUT2D eigenvalue weighted by molar-refractivity contribution is 0.536. The summed E-state index contributed by atoms with van der Waals surface area (Å²) in [4.78, 5) is 1.37. The summed E-state index contributed by atoms with van der Waals surface area (Å²) in [5, 5.41) is 3.66. The lowest BCUT2D eigenvalue weighted by Gasteiger charge is -2.17. The van der Waals surface area contributed by atoms with Gasteiger partial charge in [-0.1, -0.05) is 19.1 Å². The Morgan fingerprint density at radius 1 is 1.25 bits per heavy atom. The van der Waals surface area contributed by atoms with Crippen LogP contribution in [0.25, 0.3) is 0 Å². The van der Waals surface area contributed by atoms with Crippen molar-refractivity contribution in [2.24, 2.45) is 0 Å². The monoisotopic (exact) mass is 527 g/mol. The van der Waals surface area contributed by atoms with Gasteiger partial charge in [0.1, 0.15) is 0 Å². The van der Waals surface area contributed by atoms with Crippen molar-refractivity contribution in [1.29, 1.82) is 0 Å². The van der Waals surface area contributed by atoms with E-state index < -0.39 is 0 Å². The van der Waals surface area contributed by atoms with Crippen LogP contribution in [0.1, 0.15) is 29.8 Å². The molecule has 1 aromatic heterocycles. The van der Waals surface area contributed by atoms with E-state index in [1.807, 2.05) is 0 Å². The van der Waals surface area contributed by atoms with Crippen LogP contribution < -0.4 is 5.32 Å². The Balaban J connectivity index is 2.16. The van der Waals surface area contributed by atoms with Gasteiger partial charge in [0.05, 0.1) is 3.79 Å². The number of hydrogen-bond acceptors (Lipinski definition) is 2. The third kappa shape index (κ3) is 4.80. The fraction of sp³-hybridized carbons (Fsp3) is 0.333. The Hall–Kier alpha value is 0.570. The molecule has 108 valence electrons. The molecule has 1 unspecified atom stereocenters. The van der Waals surface area contributed by atoms with Crippen LogP contribution in [-0.2, 0) is 6.42 Å². The number of benzene rings is 1. The van der Waals surface area contributed by atoms with Crippen LogP contribution in [0.5, 0.6) is 0 Å². The van der Waals surface area contributed by atoms with Crippen LogP contribution in [0.3, 0.4) is 0 Å². The van der Waals surface area contributed by atoms with E-state index >= 15 is 0 Å². The number of rotatable bonds is 6. The van der Waals surface area contributed by atoms with Gasteiger partial charge < -0.3 is 5.32 Å². The van der Waals surface area contributed by atoms with Crippen LogP contribution in [-0.4, -0.2) is 6.54 Å². The zero-order valence-corrected chi connectivity index (χ0v) is 17.3. The quantitative estimate of drug-likeness (QED) is 0.443. The molecule has 5 heteroatoms. The van der Waals surface area contributed by atoms with Gasteiger partial charge in [-0.3, -0.25) is 0 Å². The smallest absolute Gasteiger partial charge is 0.0843 e. The van der Waals surface area contributed by atoms with Gasteiger partial charge in [0.25, 0.3) is 0 Å². The predicted octanol–water partition coefficient (Wildman–Crippen LogP) is 6.16. The number of thiophene rings is 1. The minimum Gasteiger partial charge on any atom is -0.309 e. The lowest BCUT2D eigenvalue weighted by Crippen LogP contribution is -2.23. The first-order chi connectivity index (χ1) is 9.60. The van der Waals surface area contributed by atoms with Gasteiger partial charge in [-0.15, -0.1) is 11.3 Å². The largest absolute Gasteiger partial charge is 0.309 e. The first-order valence-electron chi connectivity index (χ1n) is 6.52. The van der Waals surface area contributed by atoms with Crippen LogP contribution in [0.2, 0.25) is 0 Å². The normalized spacial score (nSPS) is 12.6. The second kappa shape index (κ2) is 8.27. The predicted molar refractivity (Wildman–Crippen MR) is 104 cm³/mol. The maximum absolute atomic E-state index is 3.66. The van der Waals surface area contributed by atoms with Crippen molar-refractivity contribution >= 4 is 65.8 Å². The molecule has 0 amide bonds. The summed E-state index contributed by atoms with van der Waals surface area (Å²) in [5.74, 6) is 0. The maximum Gasteiger partial charge on any atom is 0.0843 e. The molecule has 0 bridgehead atoms. The SMILES string of the molecule is CCCNC(Cc1ccc(I)cc1)c1cc(Br)c(Br)s1. The molecule has 0 spiro atoms. The van der Waals surface area contributed by atoms with Crippen molar-refractivity contribution in [1.82, 2.24) is 5.32 Å². The molecular formula is C15H16Br2INS. The van der Waals surface area contributed by atoms with Crippen molar-refractivity contribution < 1.29 is 0 Å². The van der Waals surface area contributed by atoms with Gasteiger partial charge in [0, 0.05) is 19.0 Å². The summed E-state index contributed by atoms with van der Waals surface area (Å²) in [5.41, 5.74) is 1.37. The first kappa shape index (κ1) is 16.9. The Morgan fingerprint density at radius 3 is 2.50 bits per heavy atom. The Bertz CT molecular complexity index is 534. The standard InChI is InChI=1S/C15H16Br2INS/c1-2-7-19-13(14-9-12(16)15(17)20-14)8-10-3-5-11(18)6-4-10/h3-6,9,13,19H,2,7-8H2,1H3. The average molecular weight is 529 g/mol. The fourth-order valence-corrected chi connectivity index (χ4v) is 4.51. The highest BCUT2D eigenvalue weighted by Gasteiger charge is 2.16. The molecule has 1 N–H and O–H groups in total. The summed E-state index contributed by atoms with van der Waals surface area (Å²) in [6, 6.07) is 11.4. The van der Waals surface area contributed by atoms with Crippen molar-refractivity contribution in [3.05, 3.63) is 52.6 Å². The molecule has 0 aliphatic heterocycles. The van der Waals surface area contributed by atoms with E-state index in [-0.39, 0.29) is 0 Å². The highest BCUT2D eigenvalue weighted by atomic mass is 127. The Kier molecular flexibility index (Phi) is 7.00. The zero-order valence-electron chi connectivity index (χ0n) is 11.1. The summed E-state index contributed by atoms with van der Waals surface area (Å²) in [6.45, 7) is 3.25. The zero-order chi connectivity index (χ0) is 14.5. The maximum atomic E-state index is 3.66. The van der Waals surface area contributed by atoms with E-state index in [1.165, 1.54) is 17.8 Å². The van der Waals surface area contributed by atoms with E-state index in [4.69, 9.17) is 0 Å². The third-order valence-electron chi connectivity index (χ3n) is 3.00. The van der Waals surface area contributed by atoms with E-state index in [0.29, 0.717) is 6.04 Å². The summed E-state index contributed by atoms with van der Waals surface area (Å²) in [7, 11) is 0. The van der Waals surface area contributed by atoms with Crippen LogP contribution >= 0.6 is 65.8 Å². The Morgan fingerprint density at radius 2 is 1.95 bits per heavy atom. The van der Waals surface area contributed by atoms with E-state index in [1.54, 1.807) is 11.3 Å². The first-order valence-corrected chi connectivity index (χ1v) is 10.0. The molecule has 20 heavy (non-hydrogen) atoms. The van der Waals surface area contributed by atoms with Gasteiger partial charge in [-0.2, -0.15) is 0 Å². The van der Waals surface area contributed by atoms with E-state index in [2.05, 4.69) is 97.0 Å². The molecule has 2 aromatic rings. The molecular weight excluding hydrogens is 513 g/mol. The highest BCUT2D eigenvalue weighted by Crippen LogP contribution is 2.36. The summed E-state index contributed by atoms with van der Waals surface area (Å²) < 4.78 is 3.59. The summed E-state index contributed by atoms with van der Waals surface area (Å²) >= 11 is 11.3. The lowest BCUT2D eigenvalue weighted by atomic mass is 10.0. The second-order valence-electron chi connectivity index (χ2n) is 4.61. The van der Waals surface area contributed by atoms with Crippen LogP contribution in [0.4, 0.5) is 0 Å². The third-order valence-corrected chi connectivity index (χ3v) is 7.09. The highest BCUT2D eigenvalue weighted by molar-refractivity contribution is 14.1. The topological polar surface area (TPSA) is 12.0 Å². The van der Waals surface area contributed by atoms with Gasteiger partial charge in [0.2, 0.25) is 0 Å². The van der Waals surface area contributed by atoms with Gasteiger partial charge in [0.15, 0.2) is 0 Å². The molecule has 0 saturated carbocycles. The molecule has 0 aliphatic rings. The number of halogens is 3. The van der Waals surface area contributed by atoms with Crippen molar-refractivity contribution in [2.45, 2.75) is 25.8 Å². The minimum atomic E-state index is 0.377. The molecule has 1 aromatic carbocycles. The Labute approximate surface area is 155 Å². The molecule has 0 aliphatic carbocycles. The fourth-order valence-electron chi connectivity index (χ4n) is 1.98. The second-order valence-corrected chi connectivity index (χ2v) is 9.11. The van der Waals surface area contributed by atoms with Gasteiger partial charge in [-0.25, -0.2) is 0 Å². The van der Waals surface area contributed by atoms with Crippen molar-refractivity contribution in [3.63, 3.8) is 0 Å². The molecule has 1 heterocycles. The number of hydrogen-bond donors (Lipinski definition) is 1. The van der Waals surface area contributed by atoms with Gasteiger partial charge >= 0.3 is 0 Å². The van der Waals surface area contributed by atoms with Gasteiger partial charge in [-0.05, 0) is 97.6 Å². The van der Waals surface area contributed by atoms with Crippen molar-refractivity contribution in [3.8, 4) is 0 Å². The van der Waals surface area contributed by atoms with E-state index in [0.717, 1.165) is 23.9 Å². The molecule has 1 atom stereocenters.